The van der Waals surface area contributed by atoms with Crippen molar-refractivity contribution < 1.29 is 32.9 Å². The third kappa shape index (κ3) is 7.36. The molecule has 7 nitrogen and oxygen atoms in total. The highest BCUT2D eigenvalue weighted by molar-refractivity contribution is 6.74. The Hall–Kier alpha value is -0.933. The highest BCUT2D eigenvalue weighted by Crippen LogP contribution is 2.37. The van der Waals surface area contributed by atoms with E-state index >= 15 is 0 Å². The van der Waals surface area contributed by atoms with Crippen LogP contribution in [0.1, 0.15) is 27.7 Å². The van der Waals surface area contributed by atoms with E-state index in [9.17, 15) is 4.79 Å². The monoisotopic (exact) mass is 390 g/mol. The molecular weight excluding hydrogens is 356 g/mol. The fraction of sp³-hybridized carbons (Fsp3) is 0.833. The molecule has 1 aliphatic heterocycles. The topological polar surface area (TPSA) is 72.5 Å². The molecule has 26 heavy (non-hydrogen) atoms. The lowest BCUT2D eigenvalue weighted by atomic mass is 10.1. The maximum Gasteiger partial charge on any atom is 0.508 e. The maximum absolute atomic E-state index is 11.5. The first kappa shape index (κ1) is 23.1. The second kappa shape index (κ2) is 10.4. The Kier molecular flexibility index (Phi) is 9.25. The van der Waals surface area contributed by atoms with Gasteiger partial charge in [-0.3, -0.25) is 0 Å². The molecule has 2 unspecified atom stereocenters. The van der Waals surface area contributed by atoms with E-state index in [-0.39, 0.29) is 5.04 Å². The van der Waals surface area contributed by atoms with E-state index in [1.165, 1.54) is 7.11 Å². The Morgan fingerprint density at radius 2 is 1.88 bits per heavy atom. The van der Waals surface area contributed by atoms with Crippen molar-refractivity contribution in [1.29, 1.82) is 0 Å². The second-order valence-corrected chi connectivity index (χ2v) is 12.4. The van der Waals surface area contributed by atoms with E-state index in [1.54, 1.807) is 12.2 Å². The van der Waals surface area contributed by atoms with Gasteiger partial charge < -0.3 is 28.1 Å². The first-order valence-corrected chi connectivity index (χ1v) is 11.9. The van der Waals surface area contributed by atoms with E-state index in [1.807, 2.05) is 6.92 Å². The molecule has 152 valence electrons. The SMILES string of the molecule is CCOCCOC1C=CC(OC(=O)OC)[C@@H](CO[Si](C)(C)C(C)(C)C)O1. The molecule has 0 fully saturated rings. The average Bonchev–Trinajstić information content (AvgIpc) is 2.57. The Balaban J connectivity index is 2.70. The van der Waals surface area contributed by atoms with Crippen LogP contribution in [-0.2, 0) is 28.1 Å². The third-order valence-corrected chi connectivity index (χ3v) is 9.16. The van der Waals surface area contributed by atoms with Crippen molar-refractivity contribution in [2.24, 2.45) is 0 Å². The minimum absolute atomic E-state index is 0.0730. The van der Waals surface area contributed by atoms with Gasteiger partial charge in [-0.1, -0.05) is 20.8 Å². The van der Waals surface area contributed by atoms with Gasteiger partial charge >= 0.3 is 6.16 Å². The molecule has 1 aliphatic rings. The van der Waals surface area contributed by atoms with Crippen molar-refractivity contribution in [2.45, 2.75) is 64.3 Å². The molecule has 0 saturated carbocycles. The fourth-order valence-corrected chi connectivity index (χ4v) is 3.01. The average molecular weight is 391 g/mol. The number of carbonyl (C=O) groups is 1. The van der Waals surface area contributed by atoms with Gasteiger partial charge in [0.2, 0.25) is 0 Å². The van der Waals surface area contributed by atoms with Crippen molar-refractivity contribution in [3.63, 3.8) is 0 Å². The van der Waals surface area contributed by atoms with E-state index in [4.69, 9.17) is 23.4 Å². The summed E-state index contributed by atoms with van der Waals surface area (Å²) in [6.45, 7) is 14.6. The van der Waals surface area contributed by atoms with E-state index < -0.39 is 33.0 Å². The van der Waals surface area contributed by atoms with Crippen molar-refractivity contribution >= 4 is 14.5 Å². The number of methoxy groups -OCH3 is 1. The Bertz CT molecular complexity index is 459. The van der Waals surface area contributed by atoms with Crippen molar-refractivity contribution in [1.82, 2.24) is 0 Å². The zero-order chi connectivity index (χ0) is 19.8. The maximum atomic E-state index is 11.5. The lowest BCUT2D eigenvalue weighted by Crippen LogP contribution is -2.47. The number of hydrogen-bond donors (Lipinski definition) is 0. The zero-order valence-corrected chi connectivity index (χ0v) is 18.1. The molecule has 0 N–H and O–H groups in total. The third-order valence-electron chi connectivity index (χ3n) is 4.66. The summed E-state index contributed by atoms with van der Waals surface area (Å²) >= 11 is 0. The van der Waals surface area contributed by atoms with Crippen LogP contribution in [-0.4, -0.2) is 66.5 Å². The van der Waals surface area contributed by atoms with Crippen LogP contribution in [0.25, 0.3) is 0 Å². The quantitative estimate of drug-likeness (QED) is 0.258. The van der Waals surface area contributed by atoms with Crippen LogP contribution in [0.4, 0.5) is 4.79 Å². The minimum Gasteiger partial charge on any atom is -0.438 e. The predicted octanol–water partition coefficient (Wildman–Crippen LogP) is 3.49. The molecule has 0 aromatic rings. The molecule has 0 radical (unpaired) electrons. The van der Waals surface area contributed by atoms with E-state index in [0.717, 1.165) is 0 Å². The molecule has 0 amide bonds. The largest absolute Gasteiger partial charge is 0.508 e. The Morgan fingerprint density at radius 3 is 2.46 bits per heavy atom. The van der Waals surface area contributed by atoms with Crippen LogP contribution in [0.15, 0.2) is 12.2 Å². The van der Waals surface area contributed by atoms with Crippen molar-refractivity contribution in [2.75, 3.05) is 33.5 Å². The fourth-order valence-electron chi connectivity index (χ4n) is 2.00. The molecule has 0 spiro atoms. The first-order chi connectivity index (χ1) is 12.1. The van der Waals surface area contributed by atoms with Gasteiger partial charge in [-0.15, -0.1) is 0 Å². The van der Waals surface area contributed by atoms with E-state index in [2.05, 4.69) is 38.6 Å². The highest BCUT2D eigenvalue weighted by Gasteiger charge is 2.39. The molecule has 0 aliphatic carbocycles. The molecule has 1 heterocycles. The second-order valence-electron chi connectivity index (χ2n) is 7.60. The van der Waals surface area contributed by atoms with Crippen molar-refractivity contribution in [3.05, 3.63) is 12.2 Å². The van der Waals surface area contributed by atoms with Gasteiger partial charge in [0, 0.05) is 6.61 Å². The van der Waals surface area contributed by atoms with Crippen LogP contribution < -0.4 is 0 Å². The van der Waals surface area contributed by atoms with Crippen LogP contribution >= 0.6 is 0 Å². The lowest BCUT2D eigenvalue weighted by Gasteiger charge is -2.39. The van der Waals surface area contributed by atoms with Crippen LogP contribution in [0.3, 0.4) is 0 Å². The zero-order valence-electron chi connectivity index (χ0n) is 17.1. The van der Waals surface area contributed by atoms with Crippen LogP contribution in [0.5, 0.6) is 0 Å². The molecule has 1 rings (SSSR count). The number of carbonyl (C=O) groups excluding carboxylic acids is 1. The summed E-state index contributed by atoms with van der Waals surface area (Å²) in [5.74, 6) is 0. The number of rotatable bonds is 9. The molecule has 3 atom stereocenters. The smallest absolute Gasteiger partial charge is 0.438 e. The van der Waals surface area contributed by atoms with Gasteiger partial charge in [-0.25, -0.2) is 4.79 Å². The summed E-state index contributed by atoms with van der Waals surface area (Å²) in [5, 5.41) is 0.0730. The van der Waals surface area contributed by atoms with Crippen molar-refractivity contribution in [3.8, 4) is 0 Å². The summed E-state index contributed by atoms with van der Waals surface area (Å²) in [4.78, 5) is 11.5. The van der Waals surface area contributed by atoms with Crippen LogP contribution in [0.2, 0.25) is 18.1 Å². The Morgan fingerprint density at radius 1 is 1.19 bits per heavy atom. The molecular formula is C18H34O7Si. The summed E-state index contributed by atoms with van der Waals surface area (Å²) in [6.07, 6.45) is 1.15. The van der Waals surface area contributed by atoms with Gasteiger partial charge in [0.15, 0.2) is 20.7 Å². The summed E-state index contributed by atoms with van der Waals surface area (Å²) in [6, 6.07) is 0. The Labute approximate surface area is 158 Å². The van der Waals surface area contributed by atoms with Gasteiger partial charge in [-0.05, 0) is 37.2 Å². The van der Waals surface area contributed by atoms with Gasteiger partial charge in [-0.2, -0.15) is 0 Å². The standard InChI is InChI=1S/C18H34O7Si/c1-8-21-11-12-22-16-10-9-14(25-17(19)20-5)15(24-16)13-23-26(6,7)18(2,3)4/h9-10,14-16H,8,11-13H2,1-7H3/t14?,15-,16?/m1/s1. The van der Waals surface area contributed by atoms with E-state index in [0.29, 0.717) is 26.4 Å². The molecule has 8 heteroatoms. The number of ether oxygens (including phenoxy) is 5. The lowest BCUT2D eigenvalue weighted by molar-refractivity contribution is -0.185. The van der Waals surface area contributed by atoms with Crippen LogP contribution in [0, 0.1) is 0 Å². The van der Waals surface area contributed by atoms with Gasteiger partial charge in [0.1, 0.15) is 6.10 Å². The van der Waals surface area contributed by atoms with Gasteiger partial charge in [0.05, 0.1) is 26.9 Å². The molecule has 0 aromatic carbocycles. The first-order valence-electron chi connectivity index (χ1n) is 9.02. The minimum atomic E-state index is -1.96. The molecule has 0 saturated heterocycles. The summed E-state index contributed by atoms with van der Waals surface area (Å²) in [7, 11) is -0.687. The highest BCUT2D eigenvalue weighted by atomic mass is 28.4. The normalized spacial score (nSPS) is 23.7. The molecule has 0 bridgehead atoms. The summed E-state index contributed by atoms with van der Waals surface area (Å²) in [5.41, 5.74) is 0. The number of hydrogen-bond acceptors (Lipinski definition) is 7. The predicted molar refractivity (Wildman–Crippen MR) is 101 cm³/mol. The van der Waals surface area contributed by atoms with Gasteiger partial charge in [0.25, 0.3) is 0 Å². The molecule has 0 aromatic heterocycles. The summed E-state index contributed by atoms with van der Waals surface area (Å²) < 4.78 is 32.9.